The van der Waals surface area contributed by atoms with Gasteiger partial charge in [0.15, 0.2) is 0 Å². The van der Waals surface area contributed by atoms with E-state index in [-0.39, 0.29) is 11.1 Å². The van der Waals surface area contributed by atoms with E-state index in [1.807, 2.05) is 42.5 Å². The molecular formula is C21H23N3O2S2. The van der Waals surface area contributed by atoms with E-state index in [9.17, 15) is 9.59 Å². The number of benzene rings is 2. The third-order valence-electron chi connectivity index (χ3n) is 4.09. The highest BCUT2D eigenvalue weighted by molar-refractivity contribution is 8.13. The highest BCUT2D eigenvalue weighted by Gasteiger charge is 2.08. The lowest BCUT2D eigenvalue weighted by Crippen LogP contribution is -2.16. The second-order valence-corrected chi connectivity index (χ2v) is 8.76. The lowest BCUT2D eigenvalue weighted by Gasteiger charge is -2.10. The van der Waals surface area contributed by atoms with Crippen molar-refractivity contribution in [3.05, 3.63) is 53.5 Å². The summed E-state index contributed by atoms with van der Waals surface area (Å²) in [7, 11) is 3.45. The molecular weight excluding hydrogens is 390 g/mol. The van der Waals surface area contributed by atoms with Gasteiger partial charge in [0.1, 0.15) is 0 Å². The van der Waals surface area contributed by atoms with Gasteiger partial charge in [0.25, 0.3) is 5.24 Å². The van der Waals surface area contributed by atoms with E-state index in [0.29, 0.717) is 6.42 Å². The fraction of sp³-hybridized carbons (Fsp3) is 0.286. The Morgan fingerprint density at radius 2 is 1.82 bits per heavy atom. The van der Waals surface area contributed by atoms with E-state index in [1.165, 1.54) is 9.60 Å². The number of thioether (sulfide) groups is 1. The van der Waals surface area contributed by atoms with Gasteiger partial charge < -0.3 is 10.2 Å². The summed E-state index contributed by atoms with van der Waals surface area (Å²) in [6, 6.07) is 15.5. The summed E-state index contributed by atoms with van der Waals surface area (Å²) in [6.45, 7) is 0. The van der Waals surface area contributed by atoms with E-state index in [2.05, 4.69) is 16.4 Å². The highest BCUT2D eigenvalue weighted by Crippen LogP contribution is 2.24. The van der Waals surface area contributed by atoms with E-state index in [1.54, 1.807) is 25.4 Å². The molecule has 0 atom stereocenters. The molecule has 0 radical (unpaired) electrons. The minimum atomic E-state index is -0.0232. The maximum atomic E-state index is 12.1. The molecule has 0 aliphatic carbocycles. The molecule has 0 fully saturated rings. The van der Waals surface area contributed by atoms with Gasteiger partial charge in [0, 0.05) is 31.1 Å². The van der Waals surface area contributed by atoms with Gasteiger partial charge in [-0.05, 0) is 67.4 Å². The number of anilines is 1. The number of hydrogen-bond donors (Lipinski definition) is 1. The third-order valence-corrected chi connectivity index (χ3v) is 6.23. The van der Waals surface area contributed by atoms with Crippen molar-refractivity contribution in [1.82, 2.24) is 9.88 Å². The monoisotopic (exact) mass is 413 g/mol. The first kappa shape index (κ1) is 20.4. The standard InChI is InChI=1S/C21H23N3O2S2/c1-24(2)21(26)27-16-13-11-15(12-14-16)22-19(25)9-5-6-10-20-23-17-7-3-4-8-18(17)28-20/h3-4,7-8,11-14H,5-6,9-10H2,1-2H3,(H,22,25). The third kappa shape index (κ3) is 5.81. The lowest BCUT2D eigenvalue weighted by atomic mass is 10.2. The van der Waals surface area contributed by atoms with Crippen LogP contribution in [0.5, 0.6) is 0 Å². The van der Waals surface area contributed by atoms with Gasteiger partial charge in [-0.15, -0.1) is 11.3 Å². The van der Waals surface area contributed by atoms with E-state index >= 15 is 0 Å². The highest BCUT2D eigenvalue weighted by atomic mass is 32.2. The predicted molar refractivity (Wildman–Crippen MR) is 117 cm³/mol. The fourth-order valence-electron chi connectivity index (χ4n) is 2.61. The van der Waals surface area contributed by atoms with Crippen LogP contribution in [-0.4, -0.2) is 35.1 Å². The van der Waals surface area contributed by atoms with Gasteiger partial charge in [0.05, 0.1) is 15.2 Å². The maximum absolute atomic E-state index is 12.1. The molecule has 5 nitrogen and oxygen atoms in total. The van der Waals surface area contributed by atoms with Crippen LogP contribution in [0.3, 0.4) is 0 Å². The molecule has 0 saturated carbocycles. The SMILES string of the molecule is CN(C)C(=O)Sc1ccc(NC(=O)CCCCc2nc3ccccc3s2)cc1. The molecule has 7 heteroatoms. The molecule has 146 valence electrons. The van der Waals surface area contributed by atoms with E-state index in [0.717, 1.165) is 52.1 Å². The summed E-state index contributed by atoms with van der Waals surface area (Å²) < 4.78 is 1.21. The number of para-hydroxylation sites is 1. The summed E-state index contributed by atoms with van der Waals surface area (Å²) in [5.41, 5.74) is 1.80. The van der Waals surface area contributed by atoms with Crippen LogP contribution in [0.4, 0.5) is 10.5 Å². The van der Waals surface area contributed by atoms with Gasteiger partial charge >= 0.3 is 0 Å². The first-order chi connectivity index (χ1) is 13.5. The molecule has 1 N–H and O–H groups in total. The number of aryl methyl sites for hydroxylation is 1. The summed E-state index contributed by atoms with van der Waals surface area (Å²) in [6.07, 6.45) is 3.15. The van der Waals surface area contributed by atoms with Gasteiger partial charge in [-0.2, -0.15) is 0 Å². The molecule has 0 bridgehead atoms. The summed E-state index contributed by atoms with van der Waals surface area (Å²) in [5, 5.41) is 4.01. The van der Waals surface area contributed by atoms with Crippen molar-refractivity contribution in [2.24, 2.45) is 0 Å². The van der Waals surface area contributed by atoms with Crippen LogP contribution < -0.4 is 5.32 Å². The zero-order valence-corrected chi connectivity index (χ0v) is 17.6. The summed E-state index contributed by atoms with van der Waals surface area (Å²) in [5.74, 6) is 0.00840. The molecule has 0 spiro atoms. The predicted octanol–water partition coefficient (Wildman–Crippen LogP) is 5.42. The van der Waals surface area contributed by atoms with Crippen molar-refractivity contribution in [3.8, 4) is 0 Å². The number of unbranched alkanes of at least 4 members (excludes halogenated alkanes) is 1. The van der Waals surface area contributed by atoms with Gasteiger partial charge in [-0.25, -0.2) is 4.98 Å². The number of aromatic nitrogens is 1. The molecule has 0 saturated heterocycles. The Hall–Kier alpha value is -2.38. The average molecular weight is 414 g/mol. The number of rotatable bonds is 7. The van der Waals surface area contributed by atoms with Gasteiger partial charge in [-0.1, -0.05) is 12.1 Å². The van der Waals surface area contributed by atoms with Gasteiger partial charge in [0.2, 0.25) is 5.91 Å². The van der Waals surface area contributed by atoms with Crippen molar-refractivity contribution < 1.29 is 9.59 Å². The average Bonchev–Trinajstić information content (AvgIpc) is 3.09. The summed E-state index contributed by atoms with van der Waals surface area (Å²) >= 11 is 2.89. The number of carbonyl (C=O) groups excluding carboxylic acids is 2. The topological polar surface area (TPSA) is 62.3 Å². The quantitative estimate of drug-likeness (QED) is 0.415. The minimum Gasteiger partial charge on any atom is -0.339 e. The van der Waals surface area contributed by atoms with Crippen molar-refractivity contribution >= 4 is 50.1 Å². The number of nitrogens with zero attached hydrogens (tertiary/aromatic N) is 2. The first-order valence-electron chi connectivity index (χ1n) is 9.15. The first-order valence-corrected chi connectivity index (χ1v) is 10.8. The maximum Gasteiger partial charge on any atom is 0.285 e. The molecule has 3 aromatic rings. The van der Waals surface area contributed by atoms with Crippen molar-refractivity contribution in [2.75, 3.05) is 19.4 Å². The molecule has 1 heterocycles. The molecule has 2 amide bonds. The van der Waals surface area contributed by atoms with E-state index < -0.39 is 0 Å². The Morgan fingerprint density at radius 3 is 2.54 bits per heavy atom. The van der Waals surface area contributed by atoms with Crippen molar-refractivity contribution in [2.45, 2.75) is 30.6 Å². The number of carbonyl (C=O) groups is 2. The number of nitrogens with one attached hydrogen (secondary N) is 1. The molecule has 0 aliphatic heterocycles. The van der Waals surface area contributed by atoms with E-state index in [4.69, 9.17) is 0 Å². The Kier molecular flexibility index (Phi) is 7.06. The Balaban J connectivity index is 1.39. The molecule has 2 aromatic carbocycles. The fourth-order valence-corrected chi connectivity index (χ4v) is 4.28. The van der Waals surface area contributed by atoms with Crippen molar-refractivity contribution in [3.63, 3.8) is 0 Å². The lowest BCUT2D eigenvalue weighted by molar-refractivity contribution is -0.116. The second-order valence-electron chi connectivity index (χ2n) is 6.62. The zero-order valence-electron chi connectivity index (χ0n) is 16.0. The number of thiazole rings is 1. The Bertz CT molecular complexity index is 919. The smallest absolute Gasteiger partial charge is 0.285 e. The molecule has 0 aliphatic rings. The number of amides is 2. The molecule has 28 heavy (non-hydrogen) atoms. The van der Waals surface area contributed by atoms with Gasteiger partial charge in [-0.3, -0.25) is 9.59 Å². The molecule has 3 rings (SSSR count). The molecule has 1 aromatic heterocycles. The van der Waals surface area contributed by atoms with Crippen LogP contribution in [0.15, 0.2) is 53.4 Å². The number of hydrogen-bond acceptors (Lipinski definition) is 5. The van der Waals surface area contributed by atoms with Crippen LogP contribution in [0.1, 0.15) is 24.3 Å². The Morgan fingerprint density at radius 1 is 1.07 bits per heavy atom. The van der Waals surface area contributed by atoms with Crippen LogP contribution in [0.2, 0.25) is 0 Å². The number of fused-ring (bicyclic) bond motifs is 1. The normalized spacial score (nSPS) is 10.8. The van der Waals surface area contributed by atoms with Crippen LogP contribution in [-0.2, 0) is 11.2 Å². The zero-order chi connectivity index (χ0) is 19.9. The van der Waals surface area contributed by atoms with Crippen LogP contribution in [0.25, 0.3) is 10.2 Å². The second kappa shape index (κ2) is 9.71. The van der Waals surface area contributed by atoms with Crippen LogP contribution in [0, 0.1) is 0 Å². The van der Waals surface area contributed by atoms with Crippen LogP contribution >= 0.6 is 23.1 Å². The summed E-state index contributed by atoms with van der Waals surface area (Å²) in [4.78, 5) is 30.8. The van der Waals surface area contributed by atoms with Crippen molar-refractivity contribution in [1.29, 1.82) is 0 Å². The largest absolute Gasteiger partial charge is 0.339 e. The minimum absolute atomic E-state index is 0.00840. The Labute approximate surface area is 173 Å². The molecule has 0 unspecified atom stereocenters.